The van der Waals surface area contributed by atoms with Crippen LogP contribution in [0.3, 0.4) is 0 Å². The van der Waals surface area contributed by atoms with Crippen LogP contribution in [0.5, 0.6) is 0 Å². The maximum atomic E-state index is 13.4. The van der Waals surface area contributed by atoms with Crippen molar-refractivity contribution in [2.45, 2.75) is 24.7 Å². The molecule has 2 aromatic carbocycles. The average Bonchev–Trinajstić information content (AvgIpc) is 3.22. The summed E-state index contributed by atoms with van der Waals surface area (Å²) >= 11 is 0. The minimum atomic E-state index is -3.95. The molecule has 3 aromatic rings. The van der Waals surface area contributed by atoms with Gasteiger partial charge in [0.1, 0.15) is 12.3 Å². The fraction of sp³-hybridized carbons (Fsp3) is 0.348. The summed E-state index contributed by atoms with van der Waals surface area (Å²) in [6.07, 6.45) is 0.0467. The molecule has 2 atom stereocenters. The zero-order valence-electron chi connectivity index (χ0n) is 18.4. The molecular formula is C23H26N2O7S. The Morgan fingerprint density at radius 3 is 2.39 bits per heavy atom. The highest BCUT2D eigenvalue weighted by atomic mass is 32.2. The van der Waals surface area contributed by atoms with Crippen molar-refractivity contribution in [1.29, 1.82) is 0 Å². The lowest BCUT2D eigenvalue weighted by Crippen LogP contribution is -2.59. The standard InChI is InChI=1S/C23H26N2O7S/c1-3-17(20(26)21-25-18-11-7-8-12-19(18)32-21)23(22(24)27,31-15-30-2)14-33(28,29)13-16-9-5-4-6-10-16/h4-12,17H,3,13-15H2,1-2H3,(H2,24,27)/t17-,23?/m1/s1. The Hall–Kier alpha value is -3.08. The van der Waals surface area contributed by atoms with Crippen molar-refractivity contribution >= 4 is 32.6 Å². The number of hydrogen-bond donors (Lipinski definition) is 1. The van der Waals surface area contributed by atoms with Crippen LogP contribution in [0.2, 0.25) is 0 Å². The summed E-state index contributed by atoms with van der Waals surface area (Å²) in [6, 6.07) is 15.3. The SMILES string of the molecule is CC[C@H](C(=O)c1nc2ccccc2o1)C(CS(=O)(=O)Cc1ccccc1)(OCOC)C(N)=O. The molecule has 176 valence electrons. The molecular weight excluding hydrogens is 448 g/mol. The van der Waals surface area contributed by atoms with E-state index >= 15 is 0 Å². The second-order valence-corrected chi connectivity index (χ2v) is 9.70. The summed E-state index contributed by atoms with van der Waals surface area (Å²) in [4.78, 5) is 30.4. The largest absolute Gasteiger partial charge is 0.434 e. The van der Waals surface area contributed by atoms with Crippen molar-refractivity contribution in [3.8, 4) is 0 Å². The molecule has 33 heavy (non-hydrogen) atoms. The van der Waals surface area contributed by atoms with E-state index in [9.17, 15) is 18.0 Å². The van der Waals surface area contributed by atoms with Crippen molar-refractivity contribution in [3.05, 3.63) is 66.1 Å². The van der Waals surface area contributed by atoms with Crippen molar-refractivity contribution < 1.29 is 31.9 Å². The summed E-state index contributed by atoms with van der Waals surface area (Å²) in [5, 5.41) is 0. The molecule has 1 heterocycles. The molecule has 0 aliphatic heterocycles. The van der Waals surface area contributed by atoms with Gasteiger partial charge >= 0.3 is 0 Å². The molecule has 1 amide bonds. The smallest absolute Gasteiger partial charge is 0.264 e. The number of methoxy groups -OCH3 is 1. The van der Waals surface area contributed by atoms with E-state index in [4.69, 9.17) is 19.6 Å². The Labute approximate surface area is 191 Å². The van der Waals surface area contributed by atoms with Crippen LogP contribution < -0.4 is 5.73 Å². The zero-order chi connectivity index (χ0) is 24.1. The van der Waals surface area contributed by atoms with Gasteiger partial charge in [-0.3, -0.25) is 9.59 Å². The molecule has 0 saturated heterocycles. The lowest BCUT2D eigenvalue weighted by Gasteiger charge is -2.35. The first-order valence-electron chi connectivity index (χ1n) is 10.3. The van der Waals surface area contributed by atoms with Crippen LogP contribution in [0.4, 0.5) is 0 Å². The van der Waals surface area contributed by atoms with Gasteiger partial charge < -0.3 is 19.6 Å². The number of nitrogens with zero attached hydrogens (tertiary/aromatic N) is 1. The summed E-state index contributed by atoms with van der Waals surface area (Å²) < 4.78 is 42.4. The summed E-state index contributed by atoms with van der Waals surface area (Å²) in [6.45, 7) is 1.18. The predicted octanol–water partition coefficient (Wildman–Crippen LogP) is 2.50. The summed E-state index contributed by atoms with van der Waals surface area (Å²) in [7, 11) is -2.63. The number of primary amides is 1. The van der Waals surface area contributed by atoms with Crippen molar-refractivity contribution in [3.63, 3.8) is 0 Å². The van der Waals surface area contributed by atoms with E-state index in [0.29, 0.717) is 16.7 Å². The topological polar surface area (TPSA) is 139 Å². The van der Waals surface area contributed by atoms with Crippen LogP contribution in [0.15, 0.2) is 59.0 Å². The van der Waals surface area contributed by atoms with E-state index in [-0.39, 0.29) is 18.1 Å². The first-order valence-corrected chi connectivity index (χ1v) is 12.1. The van der Waals surface area contributed by atoms with E-state index in [0.717, 1.165) is 0 Å². The molecule has 1 aromatic heterocycles. The van der Waals surface area contributed by atoms with Crippen LogP contribution >= 0.6 is 0 Å². The first kappa shape index (κ1) is 24.6. The van der Waals surface area contributed by atoms with Crippen molar-refractivity contribution in [2.24, 2.45) is 11.7 Å². The third kappa shape index (κ3) is 5.47. The number of hydrogen-bond acceptors (Lipinski definition) is 8. The Morgan fingerprint density at radius 1 is 1.12 bits per heavy atom. The lowest BCUT2D eigenvalue weighted by atomic mass is 9.82. The van der Waals surface area contributed by atoms with Crippen molar-refractivity contribution in [2.75, 3.05) is 19.7 Å². The normalized spacial score (nSPS) is 14.6. The Kier molecular flexibility index (Phi) is 7.62. The minimum absolute atomic E-state index is 0.0467. The van der Waals surface area contributed by atoms with Crippen LogP contribution in [-0.2, 0) is 29.9 Å². The predicted molar refractivity (Wildman–Crippen MR) is 121 cm³/mol. The molecule has 0 saturated carbocycles. The highest BCUT2D eigenvalue weighted by Gasteiger charge is 2.52. The van der Waals surface area contributed by atoms with Crippen LogP contribution in [0.1, 0.15) is 29.6 Å². The van der Waals surface area contributed by atoms with Gasteiger partial charge in [-0.2, -0.15) is 0 Å². The third-order valence-electron chi connectivity index (χ3n) is 5.31. The summed E-state index contributed by atoms with van der Waals surface area (Å²) in [5.41, 5.74) is 4.88. The first-order chi connectivity index (χ1) is 15.7. The molecule has 0 spiro atoms. The Balaban J connectivity index is 2.02. The van der Waals surface area contributed by atoms with Gasteiger partial charge in [0.2, 0.25) is 5.78 Å². The fourth-order valence-corrected chi connectivity index (χ4v) is 5.66. The zero-order valence-corrected chi connectivity index (χ0v) is 19.2. The van der Waals surface area contributed by atoms with E-state index in [1.807, 2.05) is 0 Å². The van der Waals surface area contributed by atoms with Crippen molar-refractivity contribution in [1.82, 2.24) is 4.98 Å². The molecule has 0 radical (unpaired) electrons. The second kappa shape index (κ2) is 10.2. The van der Waals surface area contributed by atoms with E-state index in [1.54, 1.807) is 61.5 Å². The number of rotatable bonds is 12. The van der Waals surface area contributed by atoms with E-state index < -0.39 is 45.6 Å². The highest BCUT2D eigenvalue weighted by Crippen LogP contribution is 2.32. The molecule has 0 aliphatic rings. The average molecular weight is 475 g/mol. The number of amides is 1. The van der Waals surface area contributed by atoms with Crippen LogP contribution in [0, 0.1) is 5.92 Å². The lowest BCUT2D eigenvalue weighted by molar-refractivity contribution is -0.165. The Morgan fingerprint density at radius 2 is 1.79 bits per heavy atom. The maximum absolute atomic E-state index is 13.4. The summed E-state index contributed by atoms with van der Waals surface area (Å²) in [5.74, 6) is -4.46. The number of sulfone groups is 1. The van der Waals surface area contributed by atoms with Gasteiger partial charge in [-0.1, -0.05) is 49.4 Å². The van der Waals surface area contributed by atoms with E-state index in [2.05, 4.69) is 4.98 Å². The van der Waals surface area contributed by atoms with Gasteiger partial charge in [0.25, 0.3) is 11.8 Å². The number of aromatic nitrogens is 1. The van der Waals surface area contributed by atoms with Gasteiger partial charge in [-0.25, -0.2) is 13.4 Å². The van der Waals surface area contributed by atoms with E-state index in [1.165, 1.54) is 7.11 Å². The van der Waals surface area contributed by atoms with Gasteiger partial charge in [0.15, 0.2) is 21.0 Å². The second-order valence-electron chi connectivity index (χ2n) is 7.63. The molecule has 3 rings (SSSR count). The highest BCUT2D eigenvalue weighted by molar-refractivity contribution is 7.90. The molecule has 9 nitrogen and oxygen atoms in total. The third-order valence-corrected chi connectivity index (χ3v) is 6.95. The molecule has 0 fully saturated rings. The maximum Gasteiger partial charge on any atom is 0.264 e. The van der Waals surface area contributed by atoms with Gasteiger partial charge in [0, 0.05) is 7.11 Å². The molecule has 10 heteroatoms. The fourth-order valence-electron chi connectivity index (χ4n) is 3.78. The molecule has 2 N–H and O–H groups in total. The molecule has 0 aliphatic carbocycles. The number of para-hydroxylation sites is 2. The number of carbonyl (C=O) groups is 2. The Bertz CT molecular complexity index is 1190. The number of nitrogens with two attached hydrogens (primary N) is 1. The van der Waals surface area contributed by atoms with Gasteiger partial charge in [-0.05, 0) is 24.1 Å². The number of fused-ring (bicyclic) bond motifs is 1. The number of ketones is 1. The number of carbonyl (C=O) groups excluding carboxylic acids is 2. The number of Topliss-reactive ketones (excluding diaryl/α,β-unsaturated/α-hetero) is 1. The minimum Gasteiger partial charge on any atom is -0.434 e. The quantitative estimate of drug-likeness (QED) is 0.312. The van der Waals surface area contributed by atoms with Crippen LogP contribution in [0.25, 0.3) is 11.1 Å². The number of oxazole rings is 1. The van der Waals surface area contributed by atoms with Gasteiger partial charge in [0.05, 0.1) is 17.4 Å². The molecule has 0 bridgehead atoms. The van der Waals surface area contributed by atoms with Crippen LogP contribution in [-0.4, -0.2) is 50.3 Å². The number of ether oxygens (including phenoxy) is 2. The monoisotopic (exact) mass is 474 g/mol. The van der Waals surface area contributed by atoms with Gasteiger partial charge in [-0.15, -0.1) is 0 Å². The molecule has 1 unspecified atom stereocenters. The number of benzene rings is 2.